The molecule has 0 atom stereocenters. The highest BCUT2D eigenvalue weighted by Crippen LogP contribution is 2.32. The standard InChI is InChI=1S/C23H28N2O3S/c1-14(2)16-8-10-17(11-9-16)18-13-29-22-20(18)23(27)25(21(24-22)15(3)4)12-6-7-19(26)28-5/h8-11,13-15H,6-7,12H2,1-5H3. The first kappa shape index (κ1) is 21.2. The van der Waals surface area contributed by atoms with E-state index in [0.29, 0.717) is 24.3 Å². The highest BCUT2D eigenvalue weighted by molar-refractivity contribution is 7.17. The van der Waals surface area contributed by atoms with Crippen molar-refractivity contribution in [1.82, 2.24) is 9.55 Å². The van der Waals surface area contributed by atoms with Gasteiger partial charge in [-0.05, 0) is 23.5 Å². The molecular formula is C23H28N2O3S. The number of fused-ring (bicyclic) bond motifs is 1. The molecule has 0 N–H and O–H groups in total. The molecule has 5 nitrogen and oxygen atoms in total. The van der Waals surface area contributed by atoms with Gasteiger partial charge in [-0.25, -0.2) is 4.98 Å². The minimum atomic E-state index is -0.264. The number of nitrogens with zero attached hydrogens (tertiary/aromatic N) is 2. The van der Waals surface area contributed by atoms with Gasteiger partial charge in [-0.3, -0.25) is 14.2 Å². The fraction of sp³-hybridized carbons (Fsp3) is 0.435. The number of esters is 1. The Bertz CT molecular complexity index is 1060. The zero-order valence-corrected chi connectivity index (χ0v) is 18.5. The van der Waals surface area contributed by atoms with Gasteiger partial charge in [0, 0.05) is 29.8 Å². The van der Waals surface area contributed by atoms with Crippen LogP contribution in [0.15, 0.2) is 34.4 Å². The molecule has 3 rings (SSSR count). The minimum absolute atomic E-state index is 0.0345. The molecule has 154 valence electrons. The summed E-state index contributed by atoms with van der Waals surface area (Å²) < 4.78 is 6.45. The third-order valence-electron chi connectivity index (χ3n) is 5.12. The first-order valence-electron chi connectivity index (χ1n) is 10.0. The molecule has 1 aromatic carbocycles. The molecule has 0 fully saturated rings. The number of benzene rings is 1. The maximum absolute atomic E-state index is 13.4. The lowest BCUT2D eigenvalue weighted by molar-refractivity contribution is -0.140. The lowest BCUT2D eigenvalue weighted by Gasteiger charge is -2.15. The summed E-state index contributed by atoms with van der Waals surface area (Å²) in [5, 5.41) is 2.68. The summed E-state index contributed by atoms with van der Waals surface area (Å²) in [5.41, 5.74) is 3.19. The van der Waals surface area contributed by atoms with Crippen LogP contribution in [0.25, 0.3) is 21.3 Å². The second-order valence-electron chi connectivity index (χ2n) is 7.87. The third-order valence-corrected chi connectivity index (χ3v) is 5.99. The summed E-state index contributed by atoms with van der Waals surface area (Å²) >= 11 is 1.51. The largest absolute Gasteiger partial charge is 0.469 e. The van der Waals surface area contributed by atoms with Crippen LogP contribution in [0.2, 0.25) is 0 Å². The molecule has 6 heteroatoms. The summed E-state index contributed by atoms with van der Waals surface area (Å²) in [6.07, 6.45) is 0.827. The van der Waals surface area contributed by atoms with Gasteiger partial charge in [0.1, 0.15) is 10.7 Å². The number of rotatable bonds is 7. The summed E-state index contributed by atoms with van der Waals surface area (Å²) in [7, 11) is 1.38. The van der Waals surface area contributed by atoms with Crippen molar-refractivity contribution < 1.29 is 9.53 Å². The van der Waals surface area contributed by atoms with Gasteiger partial charge in [0.2, 0.25) is 0 Å². The van der Waals surface area contributed by atoms with Crippen LogP contribution in [0.3, 0.4) is 0 Å². The number of hydrogen-bond acceptors (Lipinski definition) is 5. The van der Waals surface area contributed by atoms with Gasteiger partial charge in [-0.15, -0.1) is 11.3 Å². The van der Waals surface area contributed by atoms with Crippen molar-refractivity contribution in [2.24, 2.45) is 0 Å². The van der Waals surface area contributed by atoms with E-state index in [1.165, 1.54) is 24.0 Å². The highest BCUT2D eigenvalue weighted by Gasteiger charge is 2.19. The normalized spacial score (nSPS) is 11.6. The van der Waals surface area contributed by atoms with E-state index in [2.05, 4.69) is 38.1 Å². The van der Waals surface area contributed by atoms with Gasteiger partial charge >= 0.3 is 5.97 Å². The van der Waals surface area contributed by atoms with Crippen molar-refractivity contribution in [1.29, 1.82) is 0 Å². The molecule has 0 aliphatic carbocycles. The predicted molar refractivity (Wildman–Crippen MR) is 119 cm³/mol. The predicted octanol–water partition coefficient (Wildman–Crippen LogP) is 5.33. The quantitative estimate of drug-likeness (QED) is 0.493. The molecular weight excluding hydrogens is 384 g/mol. The molecule has 0 bridgehead atoms. The third kappa shape index (κ3) is 4.42. The van der Waals surface area contributed by atoms with E-state index < -0.39 is 0 Å². The molecule has 0 aliphatic heterocycles. The smallest absolute Gasteiger partial charge is 0.305 e. The Balaban J connectivity index is 2.07. The Morgan fingerprint density at radius 1 is 1.14 bits per heavy atom. The Kier molecular flexibility index (Phi) is 6.52. The molecule has 0 aliphatic rings. The average molecular weight is 413 g/mol. The van der Waals surface area contributed by atoms with Crippen molar-refractivity contribution in [2.45, 2.75) is 58.9 Å². The van der Waals surface area contributed by atoms with E-state index in [1.54, 1.807) is 4.57 Å². The second-order valence-corrected chi connectivity index (χ2v) is 8.73. The fourth-order valence-corrected chi connectivity index (χ4v) is 4.39. The lowest BCUT2D eigenvalue weighted by atomic mass is 9.99. The molecule has 0 saturated heterocycles. The number of thiophene rings is 1. The Labute approximate surface area is 175 Å². The van der Waals surface area contributed by atoms with Crippen LogP contribution in [-0.4, -0.2) is 22.6 Å². The van der Waals surface area contributed by atoms with Crippen LogP contribution in [-0.2, 0) is 16.1 Å². The van der Waals surface area contributed by atoms with Gasteiger partial charge in [0.25, 0.3) is 5.56 Å². The van der Waals surface area contributed by atoms with Gasteiger partial charge in [0.05, 0.1) is 12.5 Å². The number of ether oxygens (including phenoxy) is 1. The van der Waals surface area contributed by atoms with Crippen LogP contribution in [0.4, 0.5) is 0 Å². The summed E-state index contributed by atoms with van der Waals surface area (Å²) in [6, 6.07) is 8.39. The summed E-state index contributed by atoms with van der Waals surface area (Å²) in [6.45, 7) is 8.85. The van der Waals surface area contributed by atoms with Crippen molar-refractivity contribution in [2.75, 3.05) is 7.11 Å². The lowest BCUT2D eigenvalue weighted by Crippen LogP contribution is -2.26. The molecule has 0 unspecified atom stereocenters. The van der Waals surface area contributed by atoms with Gasteiger partial charge < -0.3 is 4.74 Å². The van der Waals surface area contributed by atoms with E-state index in [-0.39, 0.29) is 23.9 Å². The van der Waals surface area contributed by atoms with E-state index in [1.807, 2.05) is 19.2 Å². The highest BCUT2D eigenvalue weighted by atomic mass is 32.1. The van der Waals surface area contributed by atoms with Crippen LogP contribution in [0.1, 0.15) is 63.8 Å². The van der Waals surface area contributed by atoms with E-state index >= 15 is 0 Å². The number of carbonyl (C=O) groups excluding carboxylic acids is 1. The maximum Gasteiger partial charge on any atom is 0.305 e. The monoisotopic (exact) mass is 412 g/mol. The molecule has 2 aromatic heterocycles. The molecule has 0 amide bonds. The molecule has 0 spiro atoms. The van der Waals surface area contributed by atoms with Crippen molar-refractivity contribution in [3.63, 3.8) is 0 Å². The van der Waals surface area contributed by atoms with Crippen LogP contribution < -0.4 is 5.56 Å². The van der Waals surface area contributed by atoms with Crippen LogP contribution in [0.5, 0.6) is 0 Å². The second kappa shape index (κ2) is 8.91. The van der Waals surface area contributed by atoms with E-state index in [4.69, 9.17) is 9.72 Å². The fourth-order valence-electron chi connectivity index (χ4n) is 3.44. The van der Waals surface area contributed by atoms with E-state index in [9.17, 15) is 9.59 Å². The van der Waals surface area contributed by atoms with Crippen molar-refractivity contribution >= 4 is 27.5 Å². The molecule has 3 aromatic rings. The number of aromatic nitrogens is 2. The molecule has 0 saturated carbocycles. The number of hydrogen-bond donors (Lipinski definition) is 0. The molecule has 0 radical (unpaired) electrons. The van der Waals surface area contributed by atoms with Gasteiger partial charge in [-0.1, -0.05) is 52.0 Å². The molecule has 29 heavy (non-hydrogen) atoms. The minimum Gasteiger partial charge on any atom is -0.469 e. The number of methoxy groups -OCH3 is 1. The van der Waals surface area contributed by atoms with Crippen molar-refractivity contribution in [3.05, 3.63) is 51.4 Å². The zero-order valence-electron chi connectivity index (χ0n) is 17.7. The van der Waals surface area contributed by atoms with Crippen molar-refractivity contribution in [3.8, 4) is 11.1 Å². The SMILES string of the molecule is COC(=O)CCCn1c(C(C)C)nc2scc(-c3ccc(C(C)C)cc3)c2c1=O. The first-order chi connectivity index (χ1) is 13.8. The Hall–Kier alpha value is -2.47. The van der Waals surface area contributed by atoms with Crippen LogP contribution >= 0.6 is 11.3 Å². The Morgan fingerprint density at radius 2 is 1.83 bits per heavy atom. The summed E-state index contributed by atoms with van der Waals surface area (Å²) in [4.78, 5) is 30.5. The van der Waals surface area contributed by atoms with E-state index in [0.717, 1.165) is 21.8 Å². The first-order valence-corrected chi connectivity index (χ1v) is 10.9. The molecule has 2 heterocycles. The average Bonchev–Trinajstić information content (AvgIpc) is 3.13. The zero-order chi connectivity index (χ0) is 21.1. The maximum atomic E-state index is 13.4. The van der Waals surface area contributed by atoms with Gasteiger partial charge in [-0.2, -0.15) is 0 Å². The van der Waals surface area contributed by atoms with Gasteiger partial charge in [0.15, 0.2) is 0 Å². The van der Waals surface area contributed by atoms with Crippen LogP contribution in [0, 0.1) is 0 Å². The topological polar surface area (TPSA) is 61.2 Å². The number of carbonyl (C=O) groups is 1. The Morgan fingerprint density at radius 3 is 2.41 bits per heavy atom. The summed E-state index contributed by atoms with van der Waals surface area (Å²) in [5.74, 6) is 1.07.